The fourth-order valence-electron chi connectivity index (χ4n) is 3.06. The van der Waals surface area contributed by atoms with E-state index >= 15 is 0 Å². The molecular formula is C17H17F2N9. The van der Waals surface area contributed by atoms with Crippen molar-refractivity contribution >= 4 is 28.6 Å². The molecule has 4 rings (SSSR count). The molecule has 0 aliphatic carbocycles. The van der Waals surface area contributed by atoms with Crippen LogP contribution in [0.1, 0.15) is 24.2 Å². The van der Waals surface area contributed by atoms with Crippen LogP contribution in [0, 0.1) is 11.6 Å². The van der Waals surface area contributed by atoms with Crippen molar-refractivity contribution in [2.75, 3.05) is 11.1 Å². The topological polar surface area (TPSA) is 112 Å². The Morgan fingerprint density at radius 1 is 1.14 bits per heavy atom. The summed E-state index contributed by atoms with van der Waals surface area (Å²) in [6.45, 7) is 1.73. The minimum absolute atomic E-state index is 0.0548. The fraction of sp³-hybridized carbons (Fsp3) is 0.235. The number of nitrogen functional groups attached to an aromatic ring is 1. The Labute approximate surface area is 158 Å². The van der Waals surface area contributed by atoms with Crippen LogP contribution in [0.3, 0.4) is 0 Å². The van der Waals surface area contributed by atoms with Crippen LogP contribution in [0.25, 0.3) is 11.0 Å². The highest BCUT2D eigenvalue weighted by Gasteiger charge is 2.25. The molecular weight excluding hydrogens is 368 g/mol. The SMILES string of the molecule is C[C@@H](c1ncc(F)cc1F)c1nn(C)c2nc(N)nc(Nc3cn(C)cn3)c12. The number of fused-ring (bicyclic) bond motifs is 1. The molecule has 144 valence electrons. The molecule has 0 saturated carbocycles. The van der Waals surface area contributed by atoms with Gasteiger partial charge in [-0.1, -0.05) is 6.92 Å². The van der Waals surface area contributed by atoms with Crippen LogP contribution in [0.5, 0.6) is 0 Å². The summed E-state index contributed by atoms with van der Waals surface area (Å²) in [6, 6.07) is 0.797. The standard InChI is InChI=1S/C17H17F2N9/c1-8(13-10(19)4-9(18)5-21-13)14-12-15(23-11-6-27(2)7-22-11)24-17(20)25-16(12)28(3)26-14/h4-8H,1-3H3,(H3,20,23,24,25)/t8-/m0/s1. The highest BCUT2D eigenvalue weighted by atomic mass is 19.1. The number of rotatable bonds is 4. The van der Waals surface area contributed by atoms with E-state index in [1.807, 2.05) is 7.05 Å². The van der Waals surface area contributed by atoms with Crippen molar-refractivity contribution in [3.8, 4) is 0 Å². The second-order valence-corrected chi connectivity index (χ2v) is 6.43. The maximum absolute atomic E-state index is 14.3. The van der Waals surface area contributed by atoms with Gasteiger partial charge < -0.3 is 15.6 Å². The van der Waals surface area contributed by atoms with Crippen LogP contribution in [-0.2, 0) is 14.1 Å². The van der Waals surface area contributed by atoms with Gasteiger partial charge in [0.05, 0.1) is 29.3 Å². The summed E-state index contributed by atoms with van der Waals surface area (Å²) >= 11 is 0. The zero-order chi connectivity index (χ0) is 20.0. The zero-order valence-corrected chi connectivity index (χ0v) is 15.4. The molecule has 0 aliphatic heterocycles. The van der Waals surface area contributed by atoms with Gasteiger partial charge in [0.25, 0.3) is 0 Å². The minimum Gasteiger partial charge on any atom is -0.368 e. The molecule has 0 fully saturated rings. The second-order valence-electron chi connectivity index (χ2n) is 6.43. The summed E-state index contributed by atoms with van der Waals surface area (Å²) in [5.41, 5.74) is 6.87. The van der Waals surface area contributed by atoms with E-state index in [0.29, 0.717) is 28.4 Å². The molecule has 4 heterocycles. The number of aryl methyl sites for hydroxylation is 2. The molecule has 1 atom stereocenters. The van der Waals surface area contributed by atoms with Crippen LogP contribution >= 0.6 is 0 Å². The predicted molar refractivity (Wildman–Crippen MR) is 98.9 cm³/mol. The first-order valence-corrected chi connectivity index (χ1v) is 8.39. The summed E-state index contributed by atoms with van der Waals surface area (Å²) in [6.07, 6.45) is 4.38. The second kappa shape index (κ2) is 6.51. The average Bonchev–Trinajstić information content (AvgIpc) is 3.18. The molecule has 0 aromatic carbocycles. The lowest BCUT2D eigenvalue weighted by Crippen LogP contribution is -2.06. The predicted octanol–water partition coefficient (Wildman–Crippen LogP) is 2.25. The number of anilines is 3. The summed E-state index contributed by atoms with van der Waals surface area (Å²) in [5.74, 6) is -1.08. The van der Waals surface area contributed by atoms with Gasteiger partial charge in [0.15, 0.2) is 5.65 Å². The molecule has 9 nitrogen and oxygen atoms in total. The number of imidazole rings is 1. The number of nitrogens with two attached hydrogens (primary N) is 1. The summed E-state index contributed by atoms with van der Waals surface area (Å²) in [7, 11) is 3.53. The van der Waals surface area contributed by atoms with Crippen molar-refractivity contribution in [3.05, 3.63) is 47.8 Å². The highest BCUT2D eigenvalue weighted by Crippen LogP contribution is 2.34. The molecule has 0 unspecified atom stereocenters. The molecule has 4 aromatic rings. The molecule has 11 heteroatoms. The van der Waals surface area contributed by atoms with Crippen molar-refractivity contribution < 1.29 is 8.78 Å². The Hall–Kier alpha value is -3.63. The van der Waals surface area contributed by atoms with E-state index in [0.717, 1.165) is 12.3 Å². The van der Waals surface area contributed by atoms with E-state index in [2.05, 4.69) is 30.4 Å². The Kier molecular flexibility index (Phi) is 4.13. The molecule has 0 saturated heterocycles. The first-order chi connectivity index (χ1) is 13.3. The van der Waals surface area contributed by atoms with E-state index < -0.39 is 17.6 Å². The van der Waals surface area contributed by atoms with Gasteiger partial charge in [-0.05, 0) is 0 Å². The lowest BCUT2D eigenvalue weighted by Gasteiger charge is -2.11. The largest absolute Gasteiger partial charge is 0.368 e. The summed E-state index contributed by atoms with van der Waals surface area (Å²) < 4.78 is 30.8. The van der Waals surface area contributed by atoms with Crippen molar-refractivity contribution in [1.29, 1.82) is 0 Å². The van der Waals surface area contributed by atoms with Gasteiger partial charge in [-0.15, -0.1) is 0 Å². The Morgan fingerprint density at radius 2 is 1.93 bits per heavy atom. The third-order valence-corrected chi connectivity index (χ3v) is 4.34. The van der Waals surface area contributed by atoms with Crippen molar-refractivity contribution in [3.63, 3.8) is 0 Å². The van der Waals surface area contributed by atoms with Crippen LogP contribution in [0.4, 0.5) is 26.4 Å². The van der Waals surface area contributed by atoms with E-state index in [4.69, 9.17) is 5.73 Å². The van der Waals surface area contributed by atoms with Crippen molar-refractivity contribution in [2.24, 2.45) is 14.1 Å². The number of nitrogens with one attached hydrogen (secondary N) is 1. The molecule has 3 N–H and O–H groups in total. The molecule has 28 heavy (non-hydrogen) atoms. The lowest BCUT2D eigenvalue weighted by atomic mass is 10.0. The van der Waals surface area contributed by atoms with E-state index in [-0.39, 0.29) is 11.6 Å². The summed E-state index contributed by atoms with van der Waals surface area (Å²) in [4.78, 5) is 16.6. The Morgan fingerprint density at radius 3 is 2.61 bits per heavy atom. The lowest BCUT2D eigenvalue weighted by molar-refractivity contribution is 0.550. The van der Waals surface area contributed by atoms with Crippen LogP contribution in [-0.4, -0.2) is 34.3 Å². The Bertz CT molecular complexity index is 1180. The van der Waals surface area contributed by atoms with Gasteiger partial charge >= 0.3 is 0 Å². The third-order valence-electron chi connectivity index (χ3n) is 4.34. The first-order valence-electron chi connectivity index (χ1n) is 8.39. The monoisotopic (exact) mass is 385 g/mol. The molecule has 0 radical (unpaired) electrons. The van der Waals surface area contributed by atoms with Crippen LogP contribution in [0.2, 0.25) is 0 Å². The molecule has 4 aromatic heterocycles. The molecule has 0 aliphatic rings. The number of nitrogens with zero attached hydrogens (tertiary/aromatic N) is 7. The number of hydrogen-bond donors (Lipinski definition) is 2. The Balaban J connectivity index is 1.89. The number of halogens is 2. The van der Waals surface area contributed by atoms with Gasteiger partial charge in [0.2, 0.25) is 5.95 Å². The van der Waals surface area contributed by atoms with E-state index in [1.165, 1.54) is 4.68 Å². The summed E-state index contributed by atoms with van der Waals surface area (Å²) in [5, 5.41) is 8.13. The number of aromatic nitrogens is 7. The average molecular weight is 385 g/mol. The van der Waals surface area contributed by atoms with Gasteiger partial charge in [0, 0.05) is 32.3 Å². The maximum Gasteiger partial charge on any atom is 0.224 e. The zero-order valence-electron chi connectivity index (χ0n) is 15.4. The smallest absolute Gasteiger partial charge is 0.224 e. The quantitative estimate of drug-likeness (QED) is 0.554. The number of hydrogen-bond acceptors (Lipinski definition) is 7. The normalized spacial score (nSPS) is 12.5. The van der Waals surface area contributed by atoms with E-state index in [1.54, 1.807) is 31.1 Å². The third kappa shape index (κ3) is 3.00. The van der Waals surface area contributed by atoms with Crippen molar-refractivity contribution in [1.82, 2.24) is 34.3 Å². The van der Waals surface area contributed by atoms with Gasteiger partial charge in [-0.2, -0.15) is 15.1 Å². The van der Waals surface area contributed by atoms with E-state index in [9.17, 15) is 8.78 Å². The minimum atomic E-state index is -0.748. The van der Waals surface area contributed by atoms with Gasteiger partial charge in [-0.3, -0.25) is 4.98 Å². The van der Waals surface area contributed by atoms with Gasteiger partial charge in [-0.25, -0.2) is 18.4 Å². The van der Waals surface area contributed by atoms with Crippen LogP contribution < -0.4 is 11.1 Å². The van der Waals surface area contributed by atoms with Crippen molar-refractivity contribution in [2.45, 2.75) is 12.8 Å². The maximum atomic E-state index is 14.3. The highest BCUT2D eigenvalue weighted by molar-refractivity contribution is 5.92. The van der Waals surface area contributed by atoms with Crippen LogP contribution in [0.15, 0.2) is 24.8 Å². The first kappa shape index (κ1) is 17.8. The molecule has 0 bridgehead atoms. The van der Waals surface area contributed by atoms with Gasteiger partial charge in [0.1, 0.15) is 23.3 Å². The molecule has 0 amide bonds. The fourth-order valence-corrected chi connectivity index (χ4v) is 3.06. The molecule has 0 spiro atoms. The number of pyridine rings is 1.